The maximum Gasteiger partial charge on any atom is 0.330 e. The normalized spacial score (nSPS) is 17.2. The number of carbonyl (C=O) groups is 6. The average molecular weight is 1120 g/mol. The molecule has 0 radical (unpaired) electrons. The number of benzene rings is 5. The van der Waals surface area contributed by atoms with E-state index in [9.17, 15) is 28.8 Å². The van der Waals surface area contributed by atoms with Gasteiger partial charge in [0.15, 0.2) is 0 Å². The first-order chi connectivity index (χ1) is 40.0. The van der Waals surface area contributed by atoms with Crippen LogP contribution in [0.3, 0.4) is 0 Å². The first-order valence-electron chi connectivity index (χ1n) is 29.1. The van der Waals surface area contributed by atoms with Crippen LogP contribution >= 0.6 is 0 Å². The first kappa shape index (κ1) is 59.9. The van der Waals surface area contributed by atoms with Crippen molar-refractivity contribution >= 4 is 47.6 Å². The molecular formula is C67H74N2O13. The monoisotopic (exact) mass is 1110 g/mol. The summed E-state index contributed by atoms with van der Waals surface area (Å²) in [7, 11) is 0. The van der Waals surface area contributed by atoms with Gasteiger partial charge in [-0.15, -0.1) is 5.10 Å². The summed E-state index contributed by atoms with van der Waals surface area (Å²) in [6.07, 6.45) is 14.4. The third-order valence-corrected chi connectivity index (χ3v) is 15.2. The van der Waals surface area contributed by atoms with Gasteiger partial charge in [0.2, 0.25) is 0 Å². The minimum Gasteiger partial charge on any atom is -0.494 e. The predicted molar refractivity (Wildman–Crippen MR) is 311 cm³/mol. The number of hydrogen-bond acceptors (Lipinski definition) is 15. The Kier molecular flexibility index (Phi) is 22.7. The molecule has 8 rings (SSSR count). The van der Waals surface area contributed by atoms with E-state index < -0.39 is 17.9 Å². The zero-order chi connectivity index (χ0) is 57.5. The molecule has 2 fully saturated rings. The molecule has 5 aromatic carbocycles. The van der Waals surface area contributed by atoms with Gasteiger partial charge < -0.3 is 33.2 Å². The number of Topliss-reactive ketones (excluding diaryl/α,β-unsaturated/α-hetero) is 1. The van der Waals surface area contributed by atoms with E-state index in [-0.39, 0.29) is 53.6 Å². The van der Waals surface area contributed by atoms with Gasteiger partial charge >= 0.3 is 29.8 Å². The largest absolute Gasteiger partial charge is 0.494 e. The van der Waals surface area contributed by atoms with Crippen LogP contribution in [0, 0.1) is 23.7 Å². The van der Waals surface area contributed by atoms with E-state index in [0.29, 0.717) is 113 Å². The maximum absolute atomic E-state index is 13.9. The van der Waals surface area contributed by atoms with E-state index in [4.69, 9.17) is 38.3 Å². The van der Waals surface area contributed by atoms with Gasteiger partial charge in [-0.05, 0) is 180 Å². The third-order valence-electron chi connectivity index (χ3n) is 15.2. The molecule has 0 atom stereocenters. The second kappa shape index (κ2) is 31.1. The van der Waals surface area contributed by atoms with Crippen LogP contribution in [-0.2, 0) is 44.7 Å². The molecule has 0 unspecified atom stereocenters. The van der Waals surface area contributed by atoms with Gasteiger partial charge in [0, 0.05) is 41.5 Å². The highest BCUT2D eigenvalue weighted by Gasteiger charge is 2.34. The van der Waals surface area contributed by atoms with Gasteiger partial charge in [-0.2, -0.15) is 5.10 Å². The van der Waals surface area contributed by atoms with Gasteiger partial charge in [-0.1, -0.05) is 68.1 Å². The van der Waals surface area contributed by atoms with Crippen LogP contribution in [0.1, 0.15) is 138 Å². The van der Waals surface area contributed by atoms with Crippen LogP contribution in [-0.4, -0.2) is 74.0 Å². The summed E-state index contributed by atoms with van der Waals surface area (Å²) in [6, 6.07) is 35.4. The Hall–Kier alpha value is -8.20. The van der Waals surface area contributed by atoms with Gasteiger partial charge in [-0.3, -0.25) is 24.0 Å². The molecular weight excluding hydrogens is 1040 g/mol. The molecule has 15 nitrogen and oxygen atoms in total. The summed E-state index contributed by atoms with van der Waals surface area (Å²) in [5, 5.41) is 9.27. The van der Waals surface area contributed by atoms with Crippen molar-refractivity contribution in [2.24, 2.45) is 33.9 Å². The molecule has 5 aromatic rings. The zero-order valence-electron chi connectivity index (χ0n) is 46.9. The van der Waals surface area contributed by atoms with Crippen molar-refractivity contribution in [2.45, 2.75) is 122 Å². The van der Waals surface area contributed by atoms with Crippen LogP contribution in [0.2, 0.25) is 0 Å². The zero-order valence-corrected chi connectivity index (χ0v) is 46.9. The molecule has 0 heterocycles. The predicted octanol–water partition coefficient (Wildman–Crippen LogP) is 12.9. The van der Waals surface area contributed by atoms with Crippen LogP contribution in [0.4, 0.5) is 0 Å². The fraction of sp³-hybridized carbons (Fsp3) is 0.403. The van der Waals surface area contributed by atoms with Crippen molar-refractivity contribution in [3.63, 3.8) is 0 Å². The summed E-state index contributed by atoms with van der Waals surface area (Å²) in [6.45, 7) is 7.08. The number of rotatable bonds is 29. The number of ether oxygens (including phenoxy) is 7. The average Bonchev–Trinajstić information content (AvgIpc) is 4.01. The highest BCUT2D eigenvalue weighted by molar-refractivity contribution is 6.24. The van der Waals surface area contributed by atoms with Crippen LogP contribution in [0.15, 0.2) is 138 Å². The molecule has 0 amide bonds. The lowest BCUT2D eigenvalue weighted by Crippen LogP contribution is -2.30. The first-order valence-corrected chi connectivity index (χ1v) is 29.1. The standard InChI is InChI=1S/C67H74N2O13/c1-3-62(71)78-41-15-7-5-13-39-76-52-30-34-54(35-31-52)80-65(73)48-24-22-47(23-25-48)60(70)44-46-21-38-61(51(43-46)45-68-69-64-58-19-11-9-17-56(58)57-18-10-12-20-59(57)64)82-67(75)50-28-26-49(27-29-50)66(74)81-55-36-32-53(33-37-55)77-40-14-6-8-16-42-79-63(72)4-2/h3,9-12,17-21,30-38,43,45,47-50H,1,4-8,13-16,22-29,39-42,44H2,2H3/b68-45+. The topological polar surface area (TPSA) is 192 Å². The Balaban J connectivity index is 0.818. The van der Waals surface area contributed by atoms with E-state index in [0.717, 1.165) is 91.0 Å². The number of ketones is 1. The van der Waals surface area contributed by atoms with Crippen molar-refractivity contribution in [3.05, 3.63) is 150 Å². The van der Waals surface area contributed by atoms with Gasteiger partial charge in [0.1, 0.15) is 40.2 Å². The molecule has 0 aliphatic heterocycles. The lowest BCUT2D eigenvalue weighted by Gasteiger charge is -2.26. The van der Waals surface area contributed by atoms with E-state index in [1.54, 1.807) is 73.8 Å². The number of hydrogen-bond donors (Lipinski definition) is 0. The molecule has 3 aliphatic rings. The molecule has 15 heteroatoms. The van der Waals surface area contributed by atoms with Crippen LogP contribution in [0.5, 0.6) is 28.7 Å². The molecule has 0 aromatic heterocycles. The molecule has 0 bridgehead atoms. The van der Waals surface area contributed by atoms with Crippen LogP contribution in [0.25, 0.3) is 11.1 Å². The maximum atomic E-state index is 13.9. The minimum atomic E-state index is -0.439. The Labute approximate surface area is 480 Å². The second-order valence-corrected chi connectivity index (χ2v) is 21.1. The third kappa shape index (κ3) is 17.6. The summed E-state index contributed by atoms with van der Waals surface area (Å²) in [5.41, 5.74) is 6.00. The van der Waals surface area contributed by atoms with Gasteiger partial charge in [0.25, 0.3) is 0 Å². The lowest BCUT2D eigenvalue weighted by molar-refractivity contribution is -0.145. The number of unbranched alkanes of at least 4 members (excludes halogenated alkanes) is 6. The summed E-state index contributed by atoms with van der Waals surface area (Å²) < 4.78 is 39.4. The molecule has 430 valence electrons. The van der Waals surface area contributed by atoms with Crippen molar-refractivity contribution in [1.82, 2.24) is 0 Å². The molecule has 0 spiro atoms. The number of esters is 5. The minimum absolute atomic E-state index is 0.0633. The van der Waals surface area contributed by atoms with E-state index in [2.05, 4.69) is 23.8 Å². The second-order valence-electron chi connectivity index (χ2n) is 21.1. The molecule has 3 aliphatic carbocycles. The Bertz CT molecular complexity index is 2990. The lowest BCUT2D eigenvalue weighted by atomic mass is 9.79. The number of carbonyl (C=O) groups excluding carboxylic acids is 6. The van der Waals surface area contributed by atoms with Crippen molar-refractivity contribution in [3.8, 4) is 39.9 Å². The number of nitrogens with zero attached hydrogens (tertiary/aromatic N) is 2. The molecule has 2 saturated carbocycles. The van der Waals surface area contributed by atoms with E-state index in [1.165, 1.54) is 0 Å². The number of fused-ring (bicyclic) bond motifs is 3. The van der Waals surface area contributed by atoms with Gasteiger partial charge in [-0.25, -0.2) is 4.79 Å². The Morgan fingerprint density at radius 2 is 0.939 bits per heavy atom. The summed E-state index contributed by atoms with van der Waals surface area (Å²) in [4.78, 5) is 76.7. The SMILES string of the molecule is C=CC(=O)OCCCCCCOc1ccc(OC(=O)C2CCC(C(=O)Cc3ccc(OC(=O)C4CCC(C(=O)Oc5ccc(OCCCCCCOC(=O)CC)cc5)CC4)c(/C=N/N=C4c5ccccc5-c5ccccc54)c3)CC2)cc1. The van der Waals surface area contributed by atoms with Crippen molar-refractivity contribution in [2.75, 3.05) is 26.4 Å². The van der Waals surface area contributed by atoms with Crippen molar-refractivity contribution < 1.29 is 61.9 Å². The van der Waals surface area contributed by atoms with Crippen molar-refractivity contribution in [1.29, 1.82) is 0 Å². The Morgan fingerprint density at radius 3 is 1.43 bits per heavy atom. The summed E-state index contributed by atoms with van der Waals surface area (Å²) >= 11 is 0. The van der Waals surface area contributed by atoms with Gasteiger partial charge in [0.05, 0.1) is 50.4 Å². The molecule has 82 heavy (non-hydrogen) atoms. The molecule has 0 N–H and O–H groups in total. The Morgan fingerprint density at radius 1 is 0.500 bits per heavy atom. The highest BCUT2D eigenvalue weighted by atomic mass is 16.6. The quantitative estimate of drug-likeness (QED) is 0.0108. The van der Waals surface area contributed by atoms with E-state index in [1.807, 2.05) is 42.5 Å². The fourth-order valence-electron chi connectivity index (χ4n) is 10.5. The fourth-order valence-corrected chi connectivity index (χ4v) is 10.5. The van der Waals surface area contributed by atoms with E-state index >= 15 is 0 Å². The van der Waals surface area contributed by atoms with Crippen LogP contribution < -0.4 is 23.7 Å². The smallest absolute Gasteiger partial charge is 0.330 e. The molecule has 0 saturated heterocycles. The summed E-state index contributed by atoms with van der Waals surface area (Å²) in [5.74, 6) is -0.449. The highest BCUT2D eigenvalue weighted by Crippen LogP contribution is 2.38.